The van der Waals surface area contributed by atoms with Gasteiger partial charge in [-0.15, -0.1) is 0 Å². The summed E-state index contributed by atoms with van der Waals surface area (Å²) in [5, 5.41) is 9.31. The number of ether oxygens (including phenoxy) is 1. The van der Waals surface area contributed by atoms with E-state index in [4.69, 9.17) is 4.74 Å². The Morgan fingerprint density at radius 3 is 1.51 bits per heavy atom. The molecule has 0 aromatic heterocycles. The van der Waals surface area contributed by atoms with Crippen LogP contribution >= 0.6 is 15.8 Å². The summed E-state index contributed by atoms with van der Waals surface area (Å²) < 4.78 is 6.41. The maximum Gasteiger partial charge on any atom is 0.0511 e. The summed E-state index contributed by atoms with van der Waals surface area (Å²) in [6.45, 7) is 14.6. The molecular formula is C38H50N2OP2. The third-order valence-corrected chi connectivity index (χ3v) is 13.0. The van der Waals surface area contributed by atoms with Crippen LogP contribution < -0.4 is 26.5 Å². The van der Waals surface area contributed by atoms with Crippen molar-refractivity contribution in [1.29, 1.82) is 0 Å². The van der Waals surface area contributed by atoms with Gasteiger partial charge in [0, 0.05) is 12.6 Å². The molecule has 0 radical (unpaired) electrons. The van der Waals surface area contributed by atoms with E-state index in [0.717, 1.165) is 58.1 Å². The Labute approximate surface area is 263 Å². The van der Waals surface area contributed by atoms with Gasteiger partial charge in [0.05, 0.1) is 13.2 Å². The largest absolute Gasteiger partial charge is 0.381 e. The number of hydrogen-bond donors (Lipinski definition) is 1. The normalized spacial score (nSPS) is 13.6. The van der Waals surface area contributed by atoms with Gasteiger partial charge in [-0.2, -0.15) is 0 Å². The Hall–Kier alpha value is -2.38. The van der Waals surface area contributed by atoms with E-state index in [1.54, 1.807) is 0 Å². The Balaban J connectivity index is 1.40. The van der Waals surface area contributed by atoms with Crippen molar-refractivity contribution < 1.29 is 4.74 Å². The highest BCUT2D eigenvalue weighted by atomic mass is 31.1. The van der Waals surface area contributed by atoms with E-state index in [2.05, 4.69) is 147 Å². The molecule has 4 rings (SSSR count). The summed E-state index contributed by atoms with van der Waals surface area (Å²) >= 11 is 0. The van der Waals surface area contributed by atoms with E-state index in [9.17, 15) is 0 Å². The summed E-state index contributed by atoms with van der Waals surface area (Å²) in [4.78, 5) is 2.47. The molecule has 0 heterocycles. The smallest absolute Gasteiger partial charge is 0.0511 e. The Morgan fingerprint density at radius 1 is 0.605 bits per heavy atom. The Morgan fingerprint density at radius 2 is 1.07 bits per heavy atom. The van der Waals surface area contributed by atoms with Crippen LogP contribution in [0.5, 0.6) is 0 Å². The Kier molecular flexibility index (Phi) is 14.4. The van der Waals surface area contributed by atoms with Crippen molar-refractivity contribution in [2.24, 2.45) is 0 Å². The first kappa shape index (κ1) is 33.5. The molecule has 0 spiro atoms. The third kappa shape index (κ3) is 10.1. The highest BCUT2D eigenvalue weighted by Crippen LogP contribution is 2.35. The lowest BCUT2D eigenvalue weighted by Gasteiger charge is -2.22. The molecule has 0 aliphatic heterocycles. The molecule has 3 unspecified atom stereocenters. The maximum atomic E-state index is 6.41. The second-order valence-electron chi connectivity index (χ2n) is 10.8. The fraction of sp³-hybridized carbons (Fsp3) is 0.368. The molecule has 5 heteroatoms. The van der Waals surface area contributed by atoms with Crippen molar-refractivity contribution in [3.8, 4) is 0 Å². The molecule has 0 amide bonds. The van der Waals surface area contributed by atoms with Crippen molar-refractivity contribution in [3.05, 3.63) is 120 Å². The second-order valence-corrected chi connectivity index (χ2v) is 15.5. The molecule has 4 aromatic carbocycles. The number of benzene rings is 4. The standard InChI is InChI=1S/C38H50N2OP2/c1-5-38(39-6-2)33-21-25-37(26-22-33)43(35-17-13-10-14-18-35)30-28-41-27-29-42(34-15-11-9-12-16-34)36-23-19-32(20-24-36)31-40(7-3)8-4/h9-26,38-39H,5-8,27-31H2,1-4H3. The molecule has 4 aromatic rings. The first-order chi connectivity index (χ1) is 21.2. The minimum absolute atomic E-state index is 0.420. The van der Waals surface area contributed by atoms with E-state index < -0.39 is 15.8 Å². The minimum Gasteiger partial charge on any atom is -0.381 e. The van der Waals surface area contributed by atoms with Gasteiger partial charge < -0.3 is 10.1 Å². The van der Waals surface area contributed by atoms with Crippen molar-refractivity contribution in [3.63, 3.8) is 0 Å². The molecule has 0 saturated heterocycles. The number of nitrogens with one attached hydrogen (secondary N) is 1. The van der Waals surface area contributed by atoms with Crippen LogP contribution in [0.25, 0.3) is 0 Å². The van der Waals surface area contributed by atoms with Gasteiger partial charge >= 0.3 is 0 Å². The van der Waals surface area contributed by atoms with Crippen LogP contribution in [-0.2, 0) is 11.3 Å². The van der Waals surface area contributed by atoms with E-state index in [1.165, 1.54) is 32.3 Å². The van der Waals surface area contributed by atoms with E-state index >= 15 is 0 Å². The number of hydrogen-bond acceptors (Lipinski definition) is 3. The third-order valence-electron chi connectivity index (χ3n) is 8.07. The molecule has 0 fully saturated rings. The minimum atomic E-state index is -0.473. The van der Waals surface area contributed by atoms with Crippen LogP contribution in [0.1, 0.15) is 51.3 Å². The van der Waals surface area contributed by atoms with Gasteiger partial charge in [0.1, 0.15) is 0 Å². The van der Waals surface area contributed by atoms with Gasteiger partial charge in [0.15, 0.2) is 0 Å². The molecular weight excluding hydrogens is 562 g/mol. The zero-order valence-electron chi connectivity index (χ0n) is 26.6. The first-order valence-electron chi connectivity index (χ1n) is 16.0. The predicted molar refractivity (Wildman–Crippen MR) is 192 cm³/mol. The predicted octanol–water partition coefficient (Wildman–Crippen LogP) is 7.17. The second kappa shape index (κ2) is 18.4. The van der Waals surface area contributed by atoms with E-state index in [1.807, 2.05) is 0 Å². The molecule has 0 aliphatic rings. The quantitative estimate of drug-likeness (QED) is 0.0953. The molecule has 43 heavy (non-hydrogen) atoms. The van der Waals surface area contributed by atoms with Crippen molar-refractivity contribution >= 4 is 37.1 Å². The zero-order chi connectivity index (χ0) is 30.3. The fourth-order valence-electron chi connectivity index (χ4n) is 5.56. The Bertz CT molecular complexity index is 1300. The SMILES string of the molecule is CCNC(CC)c1ccc(P(CCOCCP(c2ccccc2)c2ccc(CN(CC)CC)cc2)c2ccccc2)cc1. The van der Waals surface area contributed by atoms with Gasteiger partial charge in [0.25, 0.3) is 0 Å². The summed E-state index contributed by atoms with van der Waals surface area (Å²) in [6, 6.07) is 41.2. The fourth-order valence-corrected chi connectivity index (χ4v) is 9.90. The number of nitrogens with zero attached hydrogens (tertiary/aromatic N) is 1. The topological polar surface area (TPSA) is 24.5 Å². The highest BCUT2D eigenvalue weighted by molar-refractivity contribution is 7.73. The molecule has 0 bridgehead atoms. The average Bonchev–Trinajstić information content (AvgIpc) is 3.07. The average molecular weight is 613 g/mol. The van der Waals surface area contributed by atoms with Crippen LogP contribution in [-0.4, -0.2) is 50.1 Å². The van der Waals surface area contributed by atoms with E-state index in [0.29, 0.717) is 6.04 Å². The van der Waals surface area contributed by atoms with Crippen LogP contribution in [0, 0.1) is 0 Å². The lowest BCUT2D eigenvalue weighted by atomic mass is 10.0. The van der Waals surface area contributed by atoms with Crippen LogP contribution in [0.4, 0.5) is 0 Å². The van der Waals surface area contributed by atoms with Crippen LogP contribution in [0.15, 0.2) is 109 Å². The van der Waals surface area contributed by atoms with Gasteiger partial charge in [0.2, 0.25) is 0 Å². The molecule has 0 aliphatic carbocycles. The molecule has 228 valence electrons. The van der Waals surface area contributed by atoms with Crippen molar-refractivity contribution in [1.82, 2.24) is 10.2 Å². The highest BCUT2D eigenvalue weighted by Gasteiger charge is 2.17. The molecule has 1 N–H and O–H groups in total. The lowest BCUT2D eigenvalue weighted by molar-refractivity contribution is 0.166. The van der Waals surface area contributed by atoms with Crippen molar-refractivity contribution in [2.75, 3.05) is 45.2 Å². The first-order valence-corrected chi connectivity index (χ1v) is 19.1. The van der Waals surface area contributed by atoms with Gasteiger partial charge in [-0.1, -0.05) is 137 Å². The summed E-state index contributed by atoms with van der Waals surface area (Å²) in [5.41, 5.74) is 2.77. The zero-order valence-corrected chi connectivity index (χ0v) is 28.4. The van der Waals surface area contributed by atoms with Gasteiger partial charge in [-0.05, 0) is 86.6 Å². The van der Waals surface area contributed by atoms with Gasteiger partial charge in [-0.25, -0.2) is 0 Å². The summed E-state index contributed by atoms with van der Waals surface area (Å²) in [7, 11) is -0.937. The van der Waals surface area contributed by atoms with E-state index in [-0.39, 0.29) is 0 Å². The van der Waals surface area contributed by atoms with Crippen molar-refractivity contribution in [2.45, 2.75) is 46.7 Å². The maximum absolute atomic E-state index is 6.41. The lowest BCUT2D eigenvalue weighted by Crippen LogP contribution is -2.22. The van der Waals surface area contributed by atoms with Crippen LogP contribution in [0.2, 0.25) is 0 Å². The van der Waals surface area contributed by atoms with Crippen LogP contribution in [0.3, 0.4) is 0 Å². The summed E-state index contributed by atoms with van der Waals surface area (Å²) in [5.74, 6) is 0. The van der Waals surface area contributed by atoms with Gasteiger partial charge in [-0.3, -0.25) is 4.90 Å². The molecule has 3 atom stereocenters. The molecule has 0 saturated carbocycles. The monoisotopic (exact) mass is 612 g/mol. The summed E-state index contributed by atoms with van der Waals surface area (Å²) in [6.07, 6.45) is 3.17. The molecule has 3 nitrogen and oxygen atoms in total. The number of rotatable bonds is 18.